The standard InChI is InChI=1S/C12H10O6/c1-16-7-4-3-6(5-8(7)17-2)9-10(13)12(15)18-11(9)14/h3-5,13H,1-2H3. The molecule has 18 heavy (non-hydrogen) atoms. The first-order valence-corrected chi connectivity index (χ1v) is 5.00. The van der Waals surface area contributed by atoms with E-state index in [0.717, 1.165) is 0 Å². The van der Waals surface area contributed by atoms with Gasteiger partial charge in [-0.05, 0) is 17.7 Å². The zero-order valence-electron chi connectivity index (χ0n) is 9.72. The van der Waals surface area contributed by atoms with Gasteiger partial charge in [0.2, 0.25) is 5.76 Å². The van der Waals surface area contributed by atoms with Gasteiger partial charge in [0.15, 0.2) is 11.5 Å². The molecule has 1 aromatic carbocycles. The van der Waals surface area contributed by atoms with Gasteiger partial charge in [-0.25, -0.2) is 9.59 Å². The second kappa shape index (κ2) is 4.40. The van der Waals surface area contributed by atoms with Gasteiger partial charge < -0.3 is 19.3 Å². The first kappa shape index (κ1) is 12.0. The highest BCUT2D eigenvalue weighted by Crippen LogP contribution is 2.33. The summed E-state index contributed by atoms with van der Waals surface area (Å²) in [6, 6.07) is 4.56. The van der Waals surface area contributed by atoms with E-state index in [2.05, 4.69) is 4.74 Å². The molecule has 0 atom stereocenters. The molecule has 0 spiro atoms. The molecule has 1 aliphatic heterocycles. The van der Waals surface area contributed by atoms with Crippen LogP contribution in [0.15, 0.2) is 24.0 Å². The Morgan fingerprint density at radius 3 is 2.22 bits per heavy atom. The van der Waals surface area contributed by atoms with Gasteiger partial charge in [0.05, 0.1) is 14.2 Å². The smallest absolute Gasteiger partial charge is 0.382 e. The van der Waals surface area contributed by atoms with Crippen LogP contribution in [-0.4, -0.2) is 31.3 Å². The molecule has 6 heteroatoms. The predicted molar refractivity (Wildman–Crippen MR) is 60.2 cm³/mol. The highest BCUT2D eigenvalue weighted by Gasteiger charge is 2.34. The maximum atomic E-state index is 11.4. The summed E-state index contributed by atoms with van der Waals surface area (Å²) in [6.07, 6.45) is 0. The molecular formula is C12H10O6. The van der Waals surface area contributed by atoms with E-state index < -0.39 is 17.7 Å². The lowest BCUT2D eigenvalue weighted by Gasteiger charge is -2.08. The topological polar surface area (TPSA) is 82.1 Å². The summed E-state index contributed by atoms with van der Waals surface area (Å²) < 4.78 is 14.4. The van der Waals surface area contributed by atoms with Gasteiger partial charge in [-0.2, -0.15) is 0 Å². The summed E-state index contributed by atoms with van der Waals surface area (Å²) >= 11 is 0. The van der Waals surface area contributed by atoms with E-state index in [9.17, 15) is 14.7 Å². The van der Waals surface area contributed by atoms with Crippen LogP contribution in [-0.2, 0) is 14.3 Å². The van der Waals surface area contributed by atoms with Gasteiger partial charge in [0.25, 0.3) is 0 Å². The van der Waals surface area contributed by atoms with Crippen molar-refractivity contribution in [3.05, 3.63) is 29.5 Å². The van der Waals surface area contributed by atoms with E-state index in [1.807, 2.05) is 0 Å². The normalized spacial score (nSPS) is 14.8. The van der Waals surface area contributed by atoms with E-state index in [4.69, 9.17) is 9.47 Å². The molecule has 0 saturated heterocycles. The quantitative estimate of drug-likeness (QED) is 0.638. The van der Waals surface area contributed by atoms with Gasteiger partial charge >= 0.3 is 11.9 Å². The van der Waals surface area contributed by atoms with Gasteiger partial charge in [-0.15, -0.1) is 0 Å². The highest BCUT2D eigenvalue weighted by molar-refractivity contribution is 6.29. The number of hydrogen-bond acceptors (Lipinski definition) is 6. The molecule has 0 aromatic heterocycles. The molecule has 6 nitrogen and oxygen atoms in total. The monoisotopic (exact) mass is 250 g/mol. The Morgan fingerprint density at radius 2 is 1.72 bits per heavy atom. The summed E-state index contributed by atoms with van der Waals surface area (Å²) in [5.41, 5.74) is 0.141. The molecule has 1 N–H and O–H groups in total. The highest BCUT2D eigenvalue weighted by atomic mass is 16.6. The SMILES string of the molecule is COc1ccc(C2=C(O)C(=O)OC2=O)cc1OC. The van der Waals surface area contributed by atoms with Crippen molar-refractivity contribution in [2.24, 2.45) is 0 Å². The van der Waals surface area contributed by atoms with Crippen molar-refractivity contribution in [3.8, 4) is 11.5 Å². The summed E-state index contributed by atoms with van der Waals surface area (Å²) in [6.45, 7) is 0. The lowest BCUT2D eigenvalue weighted by atomic mass is 10.1. The van der Waals surface area contributed by atoms with Crippen molar-refractivity contribution in [2.75, 3.05) is 14.2 Å². The van der Waals surface area contributed by atoms with Crippen molar-refractivity contribution >= 4 is 17.5 Å². The Hall–Kier alpha value is -2.50. The Kier molecular flexibility index (Phi) is 2.93. The Morgan fingerprint density at radius 1 is 1.06 bits per heavy atom. The molecule has 0 amide bonds. The second-order valence-corrected chi connectivity index (χ2v) is 3.47. The lowest BCUT2D eigenvalue weighted by molar-refractivity contribution is -0.151. The van der Waals surface area contributed by atoms with Crippen LogP contribution in [0.3, 0.4) is 0 Å². The van der Waals surface area contributed by atoms with E-state index in [-0.39, 0.29) is 5.57 Å². The van der Waals surface area contributed by atoms with Crippen molar-refractivity contribution in [2.45, 2.75) is 0 Å². The Bertz CT molecular complexity index is 558. The third-order valence-electron chi connectivity index (χ3n) is 2.49. The van der Waals surface area contributed by atoms with Crippen LogP contribution < -0.4 is 9.47 Å². The van der Waals surface area contributed by atoms with Crippen LogP contribution in [0, 0.1) is 0 Å². The molecule has 0 aliphatic carbocycles. The first-order chi connectivity index (χ1) is 8.58. The van der Waals surface area contributed by atoms with Crippen LogP contribution in [0.2, 0.25) is 0 Å². The number of methoxy groups -OCH3 is 2. The summed E-state index contributed by atoms with van der Waals surface area (Å²) in [4.78, 5) is 22.5. The maximum Gasteiger partial charge on any atom is 0.382 e. The fourth-order valence-electron chi connectivity index (χ4n) is 1.63. The van der Waals surface area contributed by atoms with Crippen molar-refractivity contribution in [3.63, 3.8) is 0 Å². The van der Waals surface area contributed by atoms with Crippen LogP contribution in [0.1, 0.15) is 5.56 Å². The van der Waals surface area contributed by atoms with Crippen LogP contribution in [0.5, 0.6) is 11.5 Å². The van der Waals surface area contributed by atoms with Crippen LogP contribution >= 0.6 is 0 Å². The van der Waals surface area contributed by atoms with Gasteiger partial charge in [-0.3, -0.25) is 0 Å². The molecule has 0 fully saturated rings. The van der Waals surface area contributed by atoms with Gasteiger partial charge in [0, 0.05) is 0 Å². The fraction of sp³-hybridized carbons (Fsp3) is 0.167. The van der Waals surface area contributed by atoms with E-state index in [1.165, 1.54) is 26.4 Å². The molecule has 2 rings (SSSR count). The summed E-state index contributed by atoms with van der Waals surface area (Å²) in [5.74, 6) is -1.79. The summed E-state index contributed by atoms with van der Waals surface area (Å²) in [7, 11) is 2.91. The average molecular weight is 250 g/mol. The molecule has 1 aliphatic rings. The zero-order chi connectivity index (χ0) is 13.3. The van der Waals surface area contributed by atoms with Crippen molar-refractivity contribution in [1.82, 2.24) is 0 Å². The van der Waals surface area contributed by atoms with Gasteiger partial charge in [0.1, 0.15) is 5.57 Å². The zero-order valence-corrected chi connectivity index (χ0v) is 9.72. The molecule has 1 aromatic rings. The van der Waals surface area contributed by atoms with Crippen molar-refractivity contribution in [1.29, 1.82) is 0 Å². The van der Waals surface area contributed by atoms with Crippen LogP contribution in [0.4, 0.5) is 0 Å². The predicted octanol–water partition coefficient (Wildman–Crippen LogP) is 1.06. The fourth-order valence-corrected chi connectivity index (χ4v) is 1.63. The minimum atomic E-state index is -1.05. The molecule has 0 saturated carbocycles. The summed E-state index contributed by atoms with van der Waals surface area (Å²) in [5, 5.41) is 9.48. The molecule has 1 heterocycles. The molecule has 94 valence electrons. The van der Waals surface area contributed by atoms with E-state index >= 15 is 0 Å². The molecule has 0 radical (unpaired) electrons. The minimum Gasteiger partial charge on any atom is -0.501 e. The number of benzene rings is 1. The number of esters is 2. The largest absolute Gasteiger partial charge is 0.501 e. The number of aliphatic hydroxyl groups is 1. The number of aliphatic hydroxyl groups excluding tert-OH is 1. The Labute approximate surface area is 102 Å². The van der Waals surface area contributed by atoms with E-state index in [0.29, 0.717) is 17.1 Å². The number of carbonyl (C=O) groups excluding carboxylic acids is 2. The second-order valence-electron chi connectivity index (χ2n) is 3.47. The third kappa shape index (κ3) is 1.77. The molecule has 0 bridgehead atoms. The first-order valence-electron chi connectivity index (χ1n) is 5.00. The number of carbonyl (C=O) groups is 2. The number of rotatable bonds is 3. The van der Waals surface area contributed by atoms with E-state index in [1.54, 1.807) is 6.07 Å². The number of ether oxygens (including phenoxy) is 3. The maximum absolute atomic E-state index is 11.4. The third-order valence-corrected chi connectivity index (χ3v) is 2.49. The Balaban J connectivity index is 2.53. The molecular weight excluding hydrogens is 240 g/mol. The number of cyclic esters (lactones) is 2. The minimum absolute atomic E-state index is 0.180. The van der Waals surface area contributed by atoms with Crippen LogP contribution in [0.25, 0.3) is 5.57 Å². The van der Waals surface area contributed by atoms with Gasteiger partial charge in [-0.1, -0.05) is 6.07 Å². The lowest BCUT2D eigenvalue weighted by Crippen LogP contribution is -2.02. The number of hydrogen-bond donors (Lipinski definition) is 1. The van der Waals surface area contributed by atoms with Crippen molar-refractivity contribution < 1.29 is 28.9 Å². The molecule has 0 unspecified atom stereocenters. The average Bonchev–Trinajstić information content (AvgIpc) is 2.62.